The lowest BCUT2D eigenvalue weighted by atomic mass is 9.99. The Morgan fingerprint density at radius 1 is 0.458 bits per heavy atom. The Morgan fingerprint density at radius 2 is 1.08 bits per heavy atom. The summed E-state index contributed by atoms with van der Waals surface area (Å²) < 4.78 is 4.79. The number of rotatable bonds is 4. The number of thiophene rings is 1. The lowest BCUT2D eigenvalue weighted by molar-refractivity contribution is 1.18. The topological polar surface area (TPSA) is 43.6 Å². The minimum Gasteiger partial charge on any atom is -0.307 e. The largest absolute Gasteiger partial charge is 0.307 e. The molecular weight excluding hydrogens is 605 g/mol. The van der Waals surface area contributed by atoms with Crippen LogP contribution in [0.2, 0.25) is 0 Å². The number of nitrogens with zero attached hydrogens (tertiary/aromatic N) is 4. The summed E-state index contributed by atoms with van der Waals surface area (Å²) in [5, 5.41) is 4.63. The van der Waals surface area contributed by atoms with Crippen LogP contribution in [-0.2, 0) is 0 Å². The first-order chi connectivity index (χ1) is 23.8. The number of pyridine rings is 3. The summed E-state index contributed by atoms with van der Waals surface area (Å²) in [6.07, 6.45) is 4.07. The van der Waals surface area contributed by atoms with E-state index in [-0.39, 0.29) is 0 Å². The summed E-state index contributed by atoms with van der Waals surface area (Å²) in [6.45, 7) is 0. The fourth-order valence-electron chi connectivity index (χ4n) is 7.02. The normalized spacial score (nSPS) is 11.8. The van der Waals surface area contributed by atoms with Gasteiger partial charge in [0.2, 0.25) is 0 Å². The molecule has 4 nitrogen and oxygen atoms in total. The van der Waals surface area contributed by atoms with Gasteiger partial charge in [0.05, 0.1) is 27.1 Å². The number of fused-ring (bicyclic) bond motifs is 9. The maximum absolute atomic E-state index is 5.13. The molecule has 48 heavy (non-hydrogen) atoms. The third kappa shape index (κ3) is 4.18. The van der Waals surface area contributed by atoms with Gasteiger partial charge in [-0.15, -0.1) is 11.3 Å². The first-order valence-electron chi connectivity index (χ1n) is 16.0. The molecule has 0 aliphatic carbocycles. The molecule has 0 fully saturated rings. The second-order valence-electron chi connectivity index (χ2n) is 12.1. The van der Waals surface area contributed by atoms with Crippen LogP contribution in [0, 0.1) is 0 Å². The molecule has 0 aliphatic rings. The van der Waals surface area contributed by atoms with Crippen molar-refractivity contribution in [2.45, 2.75) is 0 Å². The van der Waals surface area contributed by atoms with Crippen LogP contribution in [0.25, 0.3) is 92.3 Å². The number of hydrogen-bond donors (Lipinski definition) is 0. The molecule has 0 amide bonds. The van der Waals surface area contributed by atoms with Gasteiger partial charge in [-0.05, 0) is 47.5 Å². The highest BCUT2D eigenvalue weighted by Crippen LogP contribution is 2.41. The summed E-state index contributed by atoms with van der Waals surface area (Å²) in [7, 11) is 0. The van der Waals surface area contributed by atoms with E-state index >= 15 is 0 Å². The average molecular weight is 631 g/mol. The van der Waals surface area contributed by atoms with Gasteiger partial charge in [0.15, 0.2) is 0 Å². The van der Waals surface area contributed by atoms with E-state index in [0.717, 1.165) is 77.6 Å². The van der Waals surface area contributed by atoms with Gasteiger partial charge in [0.1, 0.15) is 11.0 Å². The van der Waals surface area contributed by atoms with Crippen molar-refractivity contribution in [3.8, 4) is 39.3 Å². The fraction of sp³-hybridized carbons (Fsp3) is 0. The van der Waals surface area contributed by atoms with Gasteiger partial charge in [0, 0.05) is 55.5 Å². The van der Waals surface area contributed by atoms with E-state index in [9.17, 15) is 0 Å². The van der Waals surface area contributed by atoms with Crippen LogP contribution in [0.3, 0.4) is 0 Å². The second-order valence-corrected chi connectivity index (χ2v) is 13.1. The van der Waals surface area contributed by atoms with Gasteiger partial charge in [-0.25, -0.2) is 4.98 Å². The zero-order valence-corrected chi connectivity index (χ0v) is 26.5. The van der Waals surface area contributed by atoms with E-state index in [1.165, 1.54) is 14.8 Å². The maximum atomic E-state index is 5.13. The first kappa shape index (κ1) is 27.0. The van der Waals surface area contributed by atoms with E-state index in [4.69, 9.17) is 15.0 Å². The molecule has 224 valence electrons. The molecule has 0 aliphatic heterocycles. The predicted octanol–water partition coefficient (Wildman–Crippen LogP) is 11.5. The second kappa shape index (κ2) is 10.7. The minimum absolute atomic E-state index is 0.912. The van der Waals surface area contributed by atoms with Crippen LogP contribution >= 0.6 is 11.3 Å². The molecule has 0 spiro atoms. The number of hydrogen-bond acceptors (Lipinski definition) is 4. The maximum Gasteiger partial charge on any atom is 0.115 e. The lowest BCUT2D eigenvalue weighted by Gasteiger charge is -2.13. The zero-order valence-electron chi connectivity index (χ0n) is 25.7. The summed E-state index contributed by atoms with van der Waals surface area (Å²) in [4.78, 5) is 15.3. The van der Waals surface area contributed by atoms with Crippen LogP contribution in [0.5, 0.6) is 0 Å². The van der Waals surface area contributed by atoms with Gasteiger partial charge in [-0.1, -0.05) is 109 Å². The Bertz CT molecular complexity index is 2780. The van der Waals surface area contributed by atoms with Gasteiger partial charge in [0.25, 0.3) is 0 Å². The highest BCUT2D eigenvalue weighted by Gasteiger charge is 2.19. The standard InChI is InChI=1S/C43H26N4S/c1-3-12-27(13-4-1)36-23-30(24-37(46-36)28-14-5-2-6-15-28)29-16-11-17-31(22-29)47-38-20-9-7-18-32(38)34-25-45-41-40(42(34)47)44-26-35-33-19-8-10-21-39(33)48-43(35)41/h1-26H. The van der Waals surface area contributed by atoms with Crippen molar-refractivity contribution in [2.75, 3.05) is 0 Å². The molecule has 0 N–H and O–H groups in total. The molecule has 5 heterocycles. The minimum atomic E-state index is 0.912. The molecule has 5 aromatic heterocycles. The lowest BCUT2D eigenvalue weighted by Crippen LogP contribution is -1.97. The Kier molecular flexibility index (Phi) is 6.01. The summed E-state index contributed by atoms with van der Waals surface area (Å²) in [5.74, 6) is 0. The van der Waals surface area contributed by atoms with E-state index < -0.39 is 0 Å². The fourth-order valence-corrected chi connectivity index (χ4v) is 8.20. The summed E-state index contributed by atoms with van der Waals surface area (Å²) in [6, 6.07) is 51.2. The van der Waals surface area contributed by atoms with Crippen molar-refractivity contribution < 1.29 is 0 Å². The van der Waals surface area contributed by atoms with Gasteiger partial charge >= 0.3 is 0 Å². The molecule has 0 saturated heterocycles. The van der Waals surface area contributed by atoms with Crippen LogP contribution < -0.4 is 0 Å². The van der Waals surface area contributed by atoms with Crippen molar-refractivity contribution in [1.29, 1.82) is 0 Å². The quantitative estimate of drug-likeness (QED) is 0.194. The molecule has 0 radical (unpaired) electrons. The molecule has 0 unspecified atom stereocenters. The van der Waals surface area contributed by atoms with Gasteiger partial charge < -0.3 is 4.57 Å². The molecule has 5 heteroatoms. The SMILES string of the molecule is c1ccc(-c2cc(-c3cccc(-n4c5ccccc5c5cnc6c(ncc7c8ccccc8sc76)c54)c3)cc(-c3ccccc3)n2)cc1. The number of para-hydroxylation sites is 1. The average Bonchev–Trinajstić information content (AvgIpc) is 3.72. The monoisotopic (exact) mass is 630 g/mol. The Labute approximate surface area is 280 Å². The Hall–Kier alpha value is -6.17. The van der Waals surface area contributed by atoms with Crippen molar-refractivity contribution in [1.82, 2.24) is 19.5 Å². The molecule has 0 bridgehead atoms. The van der Waals surface area contributed by atoms with Gasteiger partial charge in [-0.2, -0.15) is 0 Å². The molecule has 10 rings (SSSR count). The molecule has 0 saturated carbocycles. The van der Waals surface area contributed by atoms with Crippen molar-refractivity contribution in [2.24, 2.45) is 0 Å². The molecular formula is C43H26N4S. The first-order valence-corrected chi connectivity index (χ1v) is 16.8. The van der Waals surface area contributed by atoms with Crippen molar-refractivity contribution in [3.63, 3.8) is 0 Å². The third-order valence-electron chi connectivity index (χ3n) is 9.26. The molecule has 0 atom stereocenters. The molecule has 10 aromatic rings. The highest BCUT2D eigenvalue weighted by atomic mass is 32.1. The molecule has 5 aromatic carbocycles. The third-order valence-corrected chi connectivity index (χ3v) is 10.5. The highest BCUT2D eigenvalue weighted by molar-refractivity contribution is 7.26. The Morgan fingerprint density at radius 3 is 1.85 bits per heavy atom. The summed E-state index contributed by atoms with van der Waals surface area (Å²) in [5.41, 5.74) is 11.4. The van der Waals surface area contributed by atoms with Gasteiger partial charge in [-0.3, -0.25) is 9.97 Å². The number of benzene rings is 5. The van der Waals surface area contributed by atoms with E-state index in [1.807, 2.05) is 24.5 Å². The van der Waals surface area contributed by atoms with Crippen molar-refractivity contribution in [3.05, 3.63) is 158 Å². The van der Waals surface area contributed by atoms with E-state index in [0.29, 0.717) is 0 Å². The van der Waals surface area contributed by atoms with Crippen LogP contribution in [-0.4, -0.2) is 19.5 Å². The predicted molar refractivity (Wildman–Crippen MR) is 201 cm³/mol. The van der Waals surface area contributed by atoms with E-state index in [2.05, 4.69) is 138 Å². The van der Waals surface area contributed by atoms with Crippen LogP contribution in [0.1, 0.15) is 0 Å². The van der Waals surface area contributed by atoms with E-state index in [1.54, 1.807) is 11.3 Å². The summed E-state index contributed by atoms with van der Waals surface area (Å²) >= 11 is 1.79. The number of aromatic nitrogens is 4. The van der Waals surface area contributed by atoms with Crippen LogP contribution in [0.4, 0.5) is 0 Å². The zero-order chi connectivity index (χ0) is 31.6. The smallest absolute Gasteiger partial charge is 0.115 e. The van der Waals surface area contributed by atoms with Crippen molar-refractivity contribution >= 4 is 64.3 Å². The Balaban J connectivity index is 1.23. The van der Waals surface area contributed by atoms with Crippen LogP contribution in [0.15, 0.2) is 158 Å².